The number of hydrogen-bond donors (Lipinski definition) is 1. The molecule has 0 aliphatic heterocycles. The molecule has 0 fully saturated rings. The molecular weight excluding hydrogens is 244 g/mol. The third-order valence-corrected chi connectivity index (χ3v) is 2.90. The Kier molecular flexibility index (Phi) is 4.02. The van der Waals surface area contributed by atoms with Gasteiger partial charge in [0.1, 0.15) is 18.5 Å². The van der Waals surface area contributed by atoms with Gasteiger partial charge in [-0.2, -0.15) is 0 Å². The van der Waals surface area contributed by atoms with Gasteiger partial charge in [-0.05, 0) is 34.5 Å². The molecule has 2 aromatic rings. The average Bonchev–Trinajstić information content (AvgIpc) is 2.43. The Morgan fingerprint density at radius 1 is 1.21 bits per heavy atom. The van der Waals surface area contributed by atoms with Gasteiger partial charge in [0.15, 0.2) is 0 Å². The molecule has 1 atom stereocenters. The van der Waals surface area contributed by atoms with E-state index < -0.39 is 12.1 Å². The molecule has 100 valence electrons. The number of rotatable bonds is 4. The zero-order valence-electron chi connectivity index (χ0n) is 10.9. The summed E-state index contributed by atoms with van der Waals surface area (Å²) >= 11 is 0. The molecule has 4 heteroatoms. The first-order valence-electron chi connectivity index (χ1n) is 5.99. The number of fused-ring (bicyclic) bond motifs is 1. The van der Waals surface area contributed by atoms with Crippen molar-refractivity contribution in [1.82, 2.24) is 0 Å². The lowest BCUT2D eigenvalue weighted by molar-refractivity contribution is -0.144. The van der Waals surface area contributed by atoms with E-state index in [9.17, 15) is 9.90 Å². The number of carbonyl (C=O) groups is 1. The molecule has 0 amide bonds. The molecular formula is C15H16O4. The van der Waals surface area contributed by atoms with Crippen molar-refractivity contribution in [2.75, 3.05) is 13.7 Å². The Bertz CT molecular complexity index is 592. The Morgan fingerprint density at radius 2 is 1.89 bits per heavy atom. The van der Waals surface area contributed by atoms with E-state index in [1.165, 1.54) is 6.92 Å². The van der Waals surface area contributed by atoms with Gasteiger partial charge in [-0.1, -0.05) is 18.2 Å². The zero-order valence-corrected chi connectivity index (χ0v) is 10.9. The molecule has 0 aromatic heterocycles. The van der Waals surface area contributed by atoms with Crippen LogP contribution in [0.1, 0.15) is 18.6 Å². The Hall–Kier alpha value is -2.07. The van der Waals surface area contributed by atoms with E-state index in [0.717, 1.165) is 22.1 Å². The van der Waals surface area contributed by atoms with Crippen molar-refractivity contribution in [2.24, 2.45) is 0 Å². The maximum Gasteiger partial charge on any atom is 0.302 e. The summed E-state index contributed by atoms with van der Waals surface area (Å²) in [5.41, 5.74) is 0.721. The van der Waals surface area contributed by atoms with Crippen molar-refractivity contribution in [3.63, 3.8) is 0 Å². The Balaban J connectivity index is 2.23. The largest absolute Gasteiger partial charge is 0.497 e. The van der Waals surface area contributed by atoms with Crippen molar-refractivity contribution < 1.29 is 19.4 Å². The van der Waals surface area contributed by atoms with Crippen LogP contribution in [0.15, 0.2) is 36.4 Å². The summed E-state index contributed by atoms with van der Waals surface area (Å²) in [7, 11) is 1.62. The highest BCUT2D eigenvalue weighted by molar-refractivity contribution is 5.84. The van der Waals surface area contributed by atoms with Crippen LogP contribution >= 0.6 is 0 Å². The number of aliphatic hydroxyl groups is 1. The minimum Gasteiger partial charge on any atom is -0.497 e. The van der Waals surface area contributed by atoms with Crippen LogP contribution in [0, 0.1) is 0 Å². The van der Waals surface area contributed by atoms with Crippen molar-refractivity contribution in [1.29, 1.82) is 0 Å². The van der Waals surface area contributed by atoms with Crippen LogP contribution in [0.4, 0.5) is 0 Å². The van der Waals surface area contributed by atoms with Gasteiger partial charge in [-0.3, -0.25) is 4.79 Å². The quantitative estimate of drug-likeness (QED) is 0.858. The number of methoxy groups -OCH3 is 1. The molecule has 2 rings (SSSR count). The summed E-state index contributed by atoms with van der Waals surface area (Å²) < 4.78 is 9.96. The van der Waals surface area contributed by atoms with Gasteiger partial charge in [-0.15, -0.1) is 0 Å². The van der Waals surface area contributed by atoms with Gasteiger partial charge in [0.25, 0.3) is 0 Å². The van der Waals surface area contributed by atoms with Gasteiger partial charge in [0, 0.05) is 6.92 Å². The topological polar surface area (TPSA) is 55.8 Å². The van der Waals surface area contributed by atoms with E-state index in [1.54, 1.807) is 7.11 Å². The molecule has 0 aliphatic carbocycles. The summed E-state index contributed by atoms with van der Waals surface area (Å²) in [4.78, 5) is 10.7. The second-order valence-corrected chi connectivity index (χ2v) is 4.29. The number of esters is 1. The molecule has 1 N–H and O–H groups in total. The van der Waals surface area contributed by atoms with E-state index in [0.29, 0.717) is 0 Å². The number of aliphatic hydroxyl groups excluding tert-OH is 1. The monoisotopic (exact) mass is 260 g/mol. The molecule has 2 aromatic carbocycles. The highest BCUT2D eigenvalue weighted by Gasteiger charge is 2.10. The maximum atomic E-state index is 10.7. The Labute approximate surface area is 111 Å². The van der Waals surface area contributed by atoms with Gasteiger partial charge in [-0.25, -0.2) is 0 Å². The third kappa shape index (κ3) is 3.23. The molecule has 0 radical (unpaired) electrons. The van der Waals surface area contributed by atoms with Crippen LogP contribution in [-0.4, -0.2) is 24.8 Å². The van der Waals surface area contributed by atoms with E-state index in [1.807, 2.05) is 36.4 Å². The summed E-state index contributed by atoms with van der Waals surface area (Å²) in [6.07, 6.45) is -0.810. The van der Waals surface area contributed by atoms with Crippen LogP contribution in [0.2, 0.25) is 0 Å². The van der Waals surface area contributed by atoms with E-state index in [4.69, 9.17) is 9.47 Å². The molecule has 4 nitrogen and oxygen atoms in total. The minimum absolute atomic E-state index is 0.0308. The molecule has 0 spiro atoms. The smallest absolute Gasteiger partial charge is 0.302 e. The van der Waals surface area contributed by atoms with Crippen LogP contribution in [0.5, 0.6) is 5.75 Å². The molecule has 0 saturated carbocycles. The first-order chi connectivity index (χ1) is 9.10. The van der Waals surface area contributed by atoms with Crippen molar-refractivity contribution in [3.8, 4) is 5.75 Å². The number of benzene rings is 2. The van der Waals surface area contributed by atoms with Crippen LogP contribution in [-0.2, 0) is 9.53 Å². The van der Waals surface area contributed by atoms with Crippen LogP contribution in [0.3, 0.4) is 0 Å². The summed E-state index contributed by atoms with van der Waals surface area (Å²) in [5, 5.41) is 12.0. The van der Waals surface area contributed by atoms with Crippen molar-refractivity contribution >= 4 is 16.7 Å². The molecule has 19 heavy (non-hydrogen) atoms. The van der Waals surface area contributed by atoms with E-state index in [2.05, 4.69) is 0 Å². The molecule has 0 bridgehead atoms. The lowest BCUT2D eigenvalue weighted by atomic mass is 10.0. The summed E-state index contributed by atoms with van der Waals surface area (Å²) in [6, 6.07) is 11.3. The molecule has 0 heterocycles. The van der Waals surface area contributed by atoms with Crippen molar-refractivity contribution in [3.05, 3.63) is 42.0 Å². The van der Waals surface area contributed by atoms with Crippen LogP contribution < -0.4 is 4.74 Å². The standard InChI is InChI=1S/C15H16O4/c1-10(16)19-9-15(17)13-4-3-12-8-14(18-2)6-5-11(12)7-13/h3-8,15,17H,9H2,1-2H3/t15-/m0/s1. The maximum absolute atomic E-state index is 10.7. The summed E-state index contributed by atoms with van der Waals surface area (Å²) in [6.45, 7) is 1.29. The van der Waals surface area contributed by atoms with E-state index in [-0.39, 0.29) is 6.61 Å². The van der Waals surface area contributed by atoms with Gasteiger partial charge in [0.05, 0.1) is 7.11 Å². The third-order valence-electron chi connectivity index (χ3n) is 2.90. The Morgan fingerprint density at radius 3 is 2.58 bits per heavy atom. The van der Waals surface area contributed by atoms with E-state index >= 15 is 0 Å². The second kappa shape index (κ2) is 5.71. The predicted molar refractivity (Wildman–Crippen MR) is 72.1 cm³/mol. The minimum atomic E-state index is -0.810. The number of carbonyl (C=O) groups excluding carboxylic acids is 1. The normalized spacial score (nSPS) is 12.2. The average molecular weight is 260 g/mol. The SMILES string of the molecule is COc1ccc2cc([C@@H](O)COC(C)=O)ccc2c1. The highest BCUT2D eigenvalue weighted by atomic mass is 16.5. The number of ether oxygens (including phenoxy) is 2. The lowest BCUT2D eigenvalue weighted by Crippen LogP contribution is -2.10. The van der Waals surface area contributed by atoms with Gasteiger partial charge >= 0.3 is 5.97 Å². The number of hydrogen-bond acceptors (Lipinski definition) is 4. The fraction of sp³-hybridized carbons (Fsp3) is 0.267. The molecule has 0 unspecified atom stereocenters. The predicted octanol–water partition coefficient (Wildman–Crippen LogP) is 2.44. The molecule has 0 aliphatic rings. The first-order valence-corrected chi connectivity index (χ1v) is 5.99. The van der Waals surface area contributed by atoms with Gasteiger partial charge in [0.2, 0.25) is 0 Å². The fourth-order valence-corrected chi connectivity index (χ4v) is 1.87. The zero-order chi connectivity index (χ0) is 13.8. The second-order valence-electron chi connectivity index (χ2n) is 4.29. The van der Waals surface area contributed by atoms with Crippen molar-refractivity contribution in [2.45, 2.75) is 13.0 Å². The van der Waals surface area contributed by atoms with Gasteiger partial charge < -0.3 is 14.6 Å². The fourth-order valence-electron chi connectivity index (χ4n) is 1.87. The summed E-state index contributed by atoms with van der Waals surface area (Å²) in [5.74, 6) is 0.394. The highest BCUT2D eigenvalue weighted by Crippen LogP contribution is 2.24. The first kappa shape index (κ1) is 13.4. The lowest BCUT2D eigenvalue weighted by Gasteiger charge is -2.12. The molecule has 0 saturated heterocycles. The van der Waals surface area contributed by atoms with Crippen LogP contribution in [0.25, 0.3) is 10.8 Å².